The number of hydrogen-bond donors (Lipinski definition) is 1. The van der Waals surface area contributed by atoms with Gasteiger partial charge in [0.1, 0.15) is 0 Å². The van der Waals surface area contributed by atoms with Crippen LogP contribution in [0.3, 0.4) is 0 Å². The lowest BCUT2D eigenvalue weighted by atomic mass is 9.98. The molecule has 0 amide bonds. The second kappa shape index (κ2) is 4.42. The van der Waals surface area contributed by atoms with E-state index in [9.17, 15) is 0 Å². The monoisotopic (exact) mass is 181 g/mol. The molecule has 0 aliphatic carbocycles. The summed E-state index contributed by atoms with van der Waals surface area (Å²) in [6, 6.07) is 0.194. The van der Waals surface area contributed by atoms with E-state index in [1.165, 1.54) is 5.56 Å². The van der Waals surface area contributed by atoms with Crippen LogP contribution in [-0.4, -0.2) is 15.8 Å². The Balaban J connectivity index is 2.67. The van der Waals surface area contributed by atoms with Gasteiger partial charge < -0.3 is 5.73 Å². The van der Waals surface area contributed by atoms with Gasteiger partial charge in [0.25, 0.3) is 0 Å². The van der Waals surface area contributed by atoms with E-state index in [1.807, 2.05) is 17.8 Å². The average Bonchev–Trinajstić information content (AvgIpc) is 2.52. The second-order valence-electron chi connectivity index (χ2n) is 3.68. The Morgan fingerprint density at radius 1 is 1.54 bits per heavy atom. The summed E-state index contributed by atoms with van der Waals surface area (Å²) in [6.07, 6.45) is 5.13. The summed E-state index contributed by atoms with van der Waals surface area (Å²) in [5, 5.41) is 4.27. The van der Waals surface area contributed by atoms with Crippen LogP contribution >= 0.6 is 0 Å². The Labute approximate surface area is 79.9 Å². The minimum absolute atomic E-state index is 0.194. The molecule has 74 valence electrons. The fourth-order valence-corrected chi connectivity index (χ4v) is 1.27. The highest BCUT2D eigenvalue weighted by molar-refractivity contribution is 5.12. The number of nitrogens with zero attached hydrogens (tertiary/aromatic N) is 2. The average molecular weight is 181 g/mol. The van der Waals surface area contributed by atoms with E-state index >= 15 is 0 Å². The standard InChI is InChI=1S/C10H19N3/c1-4-5-13-7-10(6-12-13)8(2)9(3)11/h6-9H,4-5,11H2,1-3H3. The van der Waals surface area contributed by atoms with Crippen molar-refractivity contribution in [3.05, 3.63) is 18.0 Å². The van der Waals surface area contributed by atoms with Crippen molar-refractivity contribution in [2.24, 2.45) is 5.73 Å². The van der Waals surface area contributed by atoms with Crippen LogP contribution in [-0.2, 0) is 6.54 Å². The zero-order chi connectivity index (χ0) is 9.84. The quantitative estimate of drug-likeness (QED) is 0.769. The fraction of sp³-hybridized carbons (Fsp3) is 0.700. The largest absolute Gasteiger partial charge is 0.327 e. The highest BCUT2D eigenvalue weighted by Gasteiger charge is 2.11. The number of rotatable bonds is 4. The van der Waals surface area contributed by atoms with Crippen LogP contribution in [0.4, 0.5) is 0 Å². The molecule has 0 radical (unpaired) electrons. The molecule has 0 saturated heterocycles. The highest BCUT2D eigenvalue weighted by atomic mass is 15.3. The molecule has 1 rings (SSSR count). The normalized spacial score (nSPS) is 15.7. The van der Waals surface area contributed by atoms with Crippen LogP contribution in [0.1, 0.15) is 38.7 Å². The van der Waals surface area contributed by atoms with Crippen LogP contribution in [0.2, 0.25) is 0 Å². The molecule has 1 aromatic rings. The summed E-state index contributed by atoms with van der Waals surface area (Å²) in [5.74, 6) is 0.394. The molecule has 0 spiro atoms. The van der Waals surface area contributed by atoms with E-state index in [-0.39, 0.29) is 6.04 Å². The first kappa shape index (κ1) is 10.3. The molecule has 1 aromatic heterocycles. The van der Waals surface area contributed by atoms with E-state index in [1.54, 1.807) is 0 Å². The molecule has 0 bridgehead atoms. The third kappa shape index (κ3) is 2.56. The van der Waals surface area contributed by atoms with E-state index in [4.69, 9.17) is 5.73 Å². The van der Waals surface area contributed by atoms with E-state index in [0.29, 0.717) is 5.92 Å². The summed E-state index contributed by atoms with van der Waals surface area (Å²) in [6.45, 7) is 7.31. The van der Waals surface area contributed by atoms with Gasteiger partial charge in [0.2, 0.25) is 0 Å². The number of nitrogens with two attached hydrogens (primary N) is 1. The maximum Gasteiger partial charge on any atom is 0.0525 e. The van der Waals surface area contributed by atoms with Gasteiger partial charge in [-0.05, 0) is 24.8 Å². The second-order valence-corrected chi connectivity index (χ2v) is 3.68. The molecule has 2 atom stereocenters. The van der Waals surface area contributed by atoms with Crippen molar-refractivity contribution < 1.29 is 0 Å². The lowest BCUT2D eigenvalue weighted by Gasteiger charge is -2.12. The molecular weight excluding hydrogens is 162 g/mol. The topological polar surface area (TPSA) is 43.8 Å². The van der Waals surface area contributed by atoms with Gasteiger partial charge in [-0.3, -0.25) is 4.68 Å². The number of hydrogen-bond acceptors (Lipinski definition) is 2. The van der Waals surface area contributed by atoms with Crippen LogP contribution in [0, 0.1) is 0 Å². The smallest absolute Gasteiger partial charge is 0.0525 e. The van der Waals surface area contributed by atoms with E-state index < -0.39 is 0 Å². The van der Waals surface area contributed by atoms with Crippen molar-refractivity contribution in [3.63, 3.8) is 0 Å². The predicted octanol–water partition coefficient (Wildman–Crippen LogP) is 1.74. The Kier molecular flexibility index (Phi) is 3.48. The summed E-state index contributed by atoms with van der Waals surface area (Å²) < 4.78 is 1.98. The van der Waals surface area contributed by atoms with Gasteiger partial charge in [-0.1, -0.05) is 13.8 Å². The van der Waals surface area contributed by atoms with Crippen molar-refractivity contribution in [2.45, 2.75) is 45.7 Å². The van der Waals surface area contributed by atoms with Gasteiger partial charge in [-0.2, -0.15) is 5.10 Å². The molecule has 0 aliphatic heterocycles. The third-order valence-electron chi connectivity index (χ3n) is 2.42. The summed E-state index contributed by atoms with van der Waals surface area (Å²) in [7, 11) is 0. The van der Waals surface area contributed by atoms with Crippen LogP contribution in [0.15, 0.2) is 12.4 Å². The summed E-state index contributed by atoms with van der Waals surface area (Å²) >= 11 is 0. The predicted molar refractivity (Wildman–Crippen MR) is 54.6 cm³/mol. The fourth-order valence-electron chi connectivity index (χ4n) is 1.27. The molecule has 2 unspecified atom stereocenters. The third-order valence-corrected chi connectivity index (χ3v) is 2.42. The van der Waals surface area contributed by atoms with Gasteiger partial charge in [-0.25, -0.2) is 0 Å². The van der Waals surface area contributed by atoms with Crippen LogP contribution < -0.4 is 5.73 Å². The molecule has 0 saturated carbocycles. The van der Waals surface area contributed by atoms with Crippen molar-refractivity contribution >= 4 is 0 Å². The van der Waals surface area contributed by atoms with Crippen molar-refractivity contribution in [1.82, 2.24) is 9.78 Å². The molecule has 13 heavy (non-hydrogen) atoms. The lowest BCUT2D eigenvalue weighted by Crippen LogP contribution is -2.22. The molecule has 1 heterocycles. The summed E-state index contributed by atoms with van der Waals surface area (Å²) in [4.78, 5) is 0. The number of aryl methyl sites for hydroxylation is 1. The summed E-state index contributed by atoms with van der Waals surface area (Å²) in [5.41, 5.74) is 7.05. The molecule has 3 heteroatoms. The Hall–Kier alpha value is -0.830. The first-order valence-corrected chi connectivity index (χ1v) is 4.93. The Morgan fingerprint density at radius 2 is 2.23 bits per heavy atom. The maximum absolute atomic E-state index is 5.81. The van der Waals surface area contributed by atoms with Gasteiger partial charge >= 0.3 is 0 Å². The van der Waals surface area contributed by atoms with E-state index in [2.05, 4.69) is 25.1 Å². The van der Waals surface area contributed by atoms with Gasteiger partial charge in [0.15, 0.2) is 0 Å². The molecular formula is C10H19N3. The highest BCUT2D eigenvalue weighted by Crippen LogP contribution is 2.16. The molecule has 2 N–H and O–H groups in total. The SMILES string of the molecule is CCCn1cc(C(C)C(C)N)cn1. The van der Waals surface area contributed by atoms with Crippen LogP contribution in [0.5, 0.6) is 0 Å². The Morgan fingerprint density at radius 3 is 2.77 bits per heavy atom. The van der Waals surface area contributed by atoms with Gasteiger partial charge in [-0.15, -0.1) is 0 Å². The lowest BCUT2D eigenvalue weighted by molar-refractivity contribution is 0.593. The first-order valence-electron chi connectivity index (χ1n) is 4.93. The zero-order valence-electron chi connectivity index (χ0n) is 8.70. The Bertz CT molecular complexity index is 252. The zero-order valence-corrected chi connectivity index (χ0v) is 8.70. The van der Waals surface area contributed by atoms with E-state index in [0.717, 1.165) is 13.0 Å². The minimum Gasteiger partial charge on any atom is -0.327 e. The molecule has 3 nitrogen and oxygen atoms in total. The van der Waals surface area contributed by atoms with Crippen molar-refractivity contribution in [3.8, 4) is 0 Å². The molecule has 0 fully saturated rings. The van der Waals surface area contributed by atoms with Crippen LogP contribution in [0.25, 0.3) is 0 Å². The van der Waals surface area contributed by atoms with Gasteiger partial charge in [0.05, 0.1) is 6.20 Å². The van der Waals surface area contributed by atoms with Crippen molar-refractivity contribution in [2.75, 3.05) is 0 Å². The van der Waals surface area contributed by atoms with Gasteiger partial charge in [0, 0.05) is 18.8 Å². The molecule has 0 aliphatic rings. The minimum atomic E-state index is 0.194. The number of aromatic nitrogens is 2. The molecule has 0 aromatic carbocycles. The maximum atomic E-state index is 5.81. The van der Waals surface area contributed by atoms with Crippen molar-refractivity contribution in [1.29, 1.82) is 0 Å². The first-order chi connectivity index (χ1) is 6.15.